The first kappa shape index (κ1) is 20.7. The van der Waals surface area contributed by atoms with Gasteiger partial charge in [0.1, 0.15) is 11.6 Å². The maximum absolute atomic E-state index is 12.0. The lowest BCUT2D eigenvalue weighted by Crippen LogP contribution is -2.28. The molecule has 138 valence electrons. The number of amides is 1. The van der Waals surface area contributed by atoms with Crippen LogP contribution in [0, 0.1) is 17.2 Å². The summed E-state index contributed by atoms with van der Waals surface area (Å²) in [6, 6.07) is 5.95. The van der Waals surface area contributed by atoms with Gasteiger partial charge in [-0.2, -0.15) is 5.26 Å². The number of ether oxygens (including phenoxy) is 2. The highest BCUT2D eigenvalue weighted by atomic mass is 16.5. The van der Waals surface area contributed by atoms with E-state index >= 15 is 0 Å². The van der Waals surface area contributed by atoms with Crippen molar-refractivity contribution in [2.45, 2.75) is 13.8 Å². The van der Waals surface area contributed by atoms with E-state index in [0.29, 0.717) is 6.54 Å². The second kappa shape index (κ2) is 9.84. The molecule has 1 rings (SSSR count). The number of nitriles is 1. The lowest BCUT2D eigenvalue weighted by Gasteiger charge is -2.11. The molecule has 0 atom stereocenters. The molecule has 0 spiro atoms. The summed E-state index contributed by atoms with van der Waals surface area (Å²) in [6.07, 6.45) is 1.17. The average Bonchev–Trinajstić information content (AvgIpc) is 2.65. The lowest BCUT2D eigenvalue weighted by atomic mass is 10.1. The van der Waals surface area contributed by atoms with Crippen LogP contribution in [0.1, 0.15) is 34.6 Å². The average molecular weight is 359 g/mol. The molecule has 0 aromatic heterocycles. The van der Waals surface area contributed by atoms with Gasteiger partial charge in [0.05, 0.1) is 31.0 Å². The monoisotopic (exact) mass is 359 g/mol. The molecule has 1 amide bonds. The van der Waals surface area contributed by atoms with Crippen LogP contribution in [0.5, 0.6) is 0 Å². The largest absolute Gasteiger partial charge is 0.465 e. The fourth-order valence-corrected chi connectivity index (χ4v) is 1.89. The van der Waals surface area contributed by atoms with Crippen LogP contribution < -0.4 is 10.6 Å². The summed E-state index contributed by atoms with van der Waals surface area (Å²) in [5.41, 5.74) is 0.351. The summed E-state index contributed by atoms with van der Waals surface area (Å²) < 4.78 is 9.33. The van der Waals surface area contributed by atoms with E-state index < -0.39 is 17.8 Å². The van der Waals surface area contributed by atoms with Crippen LogP contribution in [0.2, 0.25) is 0 Å². The van der Waals surface area contributed by atoms with E-state index in [2.05, 4.69) is 20.1 Å². The van der Waals surface area contributed by atoms with Crippen molar-refractivity contribution in [2.75, 3.05) is 26.1 Å². The van der Waals surface area contributed by atoms with Crippen molar-refractivity contribution < 1.29 is 23.9 Å². The van der Waals surface area contributed by atoms with Gasteiger partial charge in [0.15, 0.2) is 0 Å². The Morgan fingerprint density at radius 2 is 1.85 bits per heavy atom. The van der Waals surface area contributed by atoms with E-state index in [1.807, 2.05) is 13.8 Å². The van der Waals surface area contributed by atoms with Gasteiger partial charge in [-0.15, -0.1) is 0 Å². The molecule has 0 aliphatic rings. The molecule has 8 nitrogen and oxygen atoms in total. The molecule has 0 heterocycles. The minimum atomic E-state index is -0.639. The number of rotatable bonds is 7. The Hall–Kier alpha value is -3.34. The molecule has 0 aliphatic carbocycles. The van der Waals surface area contributed by atoms with Crippen LogP contribution in [0.3, 0.4) is 0 Å². The van der Waals surface area contributed by atoms with Crippen LogP contribution in [0.15, 0.2) is 30.0 Å². The Balaban J connectivity index is 3.14. The van der Waals surface area contributed by atoms with Crippen molar-refractivity contribution in [1.82, 2.24) is 5.32 Å². The molecule has 8 heteroatoms. The molecule has 0 aliphatic heterocycles. The third-order valence-corrected chi connectivity index (χ3v) is 3.25. The summed E-state index contributed by atoms with van der Waals surface area (Å²) in [6.45, 7) is 4.27. The van der Waals surface area contributed by atoms with E-state index in [9.17, 15) is 14.4 Å². The maximum atomic E-state index is 12.0. The first-order chi connectivity index (χ1) is 12.3. The van der Waals surface area contributed by atoms with Gasteiger partial charge < -0.3 is 20.1 Å². The summed E-state index contributed by atoms with van der Waals surface area (Å²) in [5, 5.41) is 14.5. The van der Waals surface area contributed by atoms with Gasteiger partial charge >= 0.3 is 11.9 Å². The van der Waals surface area contributed by atoms with Crippen molar-refractivity contribution in [1.29, 1.82) is 5.26 Å². The third-order valence-electron chi connectivity index (χ3n) is 3.25. The molecule has 1 aromatic rings. The number of carbonyl (C=O) groups excluding carboxylic acids is 3. The van der Waals surface area contributed by atoms with E-state index in [1.54, 1.807) is 6.07 Å². The number of carbonyl (C=O) groups is 3. The molecule has 1 aromatic carbocycles. The van der Waals surface area contributed by atoms with Gasteiger partial charge in [-0.1, -0.05) is 13.8 Å². The summed E-state index contributed by atoms with van der Waals surface area (Å²) in [5.74, 6) is -1.55. The molecule has 0 bridgehead atoms. The first-order valence-corrected chi connectivity index (χ1v) is 7.79. The summed E-state index contributed by atoms with van der Waals surface area (Å²) >= 11 is 0. The molecule has 2 N–H and O–H groups in total. The van der Waals surface area contributed by atoms with Gasteiger partial charge in [-0.3, -0.25) is 4.79 Å². The number of hydrogen-bond donors (Lipinski definition) is 2. The third kappa shape index (κ3) is 5.63. The fraction of sp³-hybridized carbons (Fsp3) is 0.333. The predicted molar refractivity (Wildman–Crippen MR) is 94.3 cm³/mol. The minimum absolute atomic E-state index is 0.135. The number of benzene rings is 1. The van der Waals surface area contributed by atoms with Gasteiger partial charge in [0.25, 0.3) is 5.91 Å². The van der Waals surface area contributed by atoms with Crippen molar-refractivity contribution in [3.05, 3.63) is 41.1 Å². The number of nitrogens with zero attached hydrogens (tertiary/aromatic N) is 1. The second-order valence-corrected chi connectivity index (χ2v) is 5.66. The van der Waals surface area contributed by atoms with Gasteiger partial charge in [0.2, 0.25) is 0 Å². The van der Waals surface area contributed by atoms with Crippen LogP contribution >= 0.6 is 0 Å². The quantitative estimate of drug-likeness (QED) is 0.433. The van der Waals surface area contributed by atoms with Gasteiger partial charge in [0, 0.05) is 12.7 Å². The van der Waals surface area contributed by atoms with Crippen molar-refractivity contribution in [3.63, 3.8) is 0 Å². The summed E-state index contributed by atoms with van der Waals surface area (Å²) in [4.78, 5) is 35.5. The normalized spacial score (nSPS) is 10.7. The number of nitrogens with one attached hydrogen (secondary N) is 2. The molecular formula is C18H21N3O5. The minimum Gasteiger partial charge on any atom is -0.465 e. The Kier molecular flexibility index (Phi) is 7.83. The van der Waals surface area contributed by atoms with Gasteiger partial charge in [-0.05, 0) is 24.1 Å². The Morgan fingerprint density at radius 3 is 2.38 bits per heavy atom. The highest BCUT2D eigenvalue weighted by Crippen LogP contribution is 2.20. The van der Waals surface area contributed by atoms with Crippen LogP contribution in [0.4, 0.5) is 5.69 Å². The fourth-order valence-electron chi connectivity index (χ4n) is 1.89. The zero-order valence-electron chi connectivity index (χ0n) is 15.1. The molecule has 0 saturated carbocycles. The molecule has 0 saturated heterocycles. The van der Waals surface area contributed by atoms with E-state index in [-0.39, 0.29) is 28.3 Å². The molecule has 0 unspecified atom stereocenters. The van der Waals surface area contributed by atoms with Gasteiger partial charge in [-0.25, -0.2) is 9.59 Å². The molecule has 0 fully saturated rings. The first-order valence-electron chi connectivity index (χ1n) is 7.79. The Bertz CT molecular complexity index is 763. The zero-order valence-corrected chi connectivity index (χ0v) is 15.1. The topological polar surface area (TPSA) is 118 Å². The lowest BCUT2D eigenvalue weighted by molar-refractivity contribution is -0.117. The Morgan fingerprint density at radius 1 is 1.19 bits per heavy atom. The molecule has 0 radical (unpaired) electrons. The van der Waals surface area contributed by atoms with Crippen molar-refractivity contribution >= 4 is 23.5 Å². The zero-order chi connectivity index (χ0) is 19.7. The van der Waals surface area contributed by atoms with E-state index in [4.69, 9.17) is 5.26 Å². The van der Waals surface area contributed by atoms with Crippen LogP contribution in [-0.2, 0) is 14.3 Å². The maximum Gasteiger partial charge on any atom is 0.339 e. The van der Waals surface area contributed by atoms with Crippen LogP contribution in [0.25, 0.3) is 0 Å². The van der Waals surface area contributed by atoms with Crippen LogP contribution in [-0.4, -0.2) is 38.6 Å². The van der Waals surface area contributed by atoms with E-state index in [1.165, 1.54) is 38.6 Å². The number of methoxy groups -OCH3 is 2. The second-order valence-electron chi connectivity index (χ2n) is 5.66. The van der Waals surface area contributed by atoms with Crippen molar-refractivity contribution in [3.8, 4) is 6.07 Å². The number of hydrogen-bond acceptors (Lipinski definition) is 7. The van der Waals surface area contributed by atoms with Crippen molar-refractivity contribution in [2.24, 2.45) is 5.92 Å². The molecular weight excluding hydrogens is 338 g/mol. The highest BCUT2D eigenvalue weighted by molar-refractivity contribution is 6.00. The highest BCUT2D eigenvalue weighted by Gasteiger charge is 2.16. The number of anilines is 1. The molecule has 26 heavy (non-hydrogen) atoms. The predicted octanol–water partition coefficient (Wildman–Crippen LogP) is 1.85. The number of esters is 2. The summed E-state index contributed by atoms with van der Waals surface area (Å²) in [7, 11) is 2.45. The van der Waals surface area contributed by atoms with E-state index in [0.717, 1.165) is 0 Å². The SMILES string of the molecule is COC(=O)c1ccc(C(=O)OC)c(N/C=C(/C#N)C(=O)NCC(C)C)c1. The standard InChI is InChI=1S/C18H21N3O5/c1-11(2)9-21-16(22)13(8-19)10-20-15-7-12(17(23)25-3)5-6-14(15)18(24)26-4/h5-7,10-11,20H,9H2,1-4H3,(H,21,22)/b13-10-. The smallest absolute Gasteiger partial charge is 0.339 e. The Labute approximate surface area is 151 Å².